The van der Waals surface area contributed by atoms with Gasteiger partial charge in [0.05, 0.1) is 12.5 Å². The molecular weight excluding hydrogens is 286 g/mol. The van der Waals surface area contributed by atoms with Crippen LogP contribution in [0.1, 0.15) is 18.7 Å². The smallest absolute Gasteiger partial charge is 0.307 e. The van der Waals surface area contributed by atoms with Crippen molar-refractivity contribution >= 4 is 16.2 Å². The van der Waals surface area contributed by atoms with Crippen molar-refractivity contribution in [1.82, 2.24) is 23.8 Å². The van der Waals surface area contributed by atoms with Crippen molar-refractivity contribution < 1.29 is 18.3 Å². The van der Waals surface area contributed by atoms with Crippen molar-refractivity contribution in [3.05, 3.63) is 12.2 Å². The SMILES string of the molecule is Cn1cnnc1CNS(=O)(=O)N1CCCC(C(=O)O)C1. The molecule has 1 atom stereocenters. The van der Waals surface area contributed by atoms with E-state index in [9.17, 15) is 13.2 Å². The van der Waals surface area contributed by atoms with Gasteiger partial charge in [-0.25, -0.2) is 0 Å². The zero-order valence-electron chi connectivity index (χ0n) is 11.1. The molecule has 0 bridgehead atoms. The minimum atomic E-state index is -3.70. The summed E-state index contributed by atoms with van der Waals surface area (Å²) in [5, 5.41) is 16.4. The van der Waals surface area contributed by atoms with E-state index in [2.05, 4.69) is 14.9 Å². The summed E-state index contributed by atoms with van der Waals surface area (Å²) in [4.78, 5) is 11.0. The highest BCUT2D eigenvalue weighted by Gasteiger charge is 2.32. The molecule has 0 spiro atoms. The Morgan fingerprint density at radius 1 is 1.60 bits per heavy atom. The van der Waals surface area contributed by atoms with Crippen LogP contribution in [0.5, 0.6) is 0 Å². The van der Waals surface area contributed by atoms with Gasteiger partial charge in [-0.2, -0.15) is 17.4 Å². The highest BCUT2D eigenvalue weighted by Crippen LogP contribution is 2.18. The molecule has 2 heterocycles. The van der Waals surface area contributed by atoms with Crippen LogP contribution in [-0.2, 0) is 28.6 Å². The largest absolute Gasteiger partial charge is 0.481 e. The number of carboxylic acid groups (broad SMARTS) is 1. The van der Waals surface area contributed by atoms with Crippen molar-refractivity contribution in [2.75, 3.05) is 13.1 Å². The molecule has 0 aliphatic carbocycles. The van der Waals surface area contributed by atoms with Gasteiger partial charge < -0.3 is 9.67 Å². The summed E-state index contributed by atoms with van der Waals surface area (Å²) in [6.45, 7) is 0.356. The lowest BCUT2D eigenvalue weighted by atomic mass is 10.0. The first kappa shape index (κ1) is 14.9. The summed E-state index contributed by atoms with van der Waals surface area (Å²) in [6.07, 6.45) is 2.53. The van der Waals surface area contributed by atoms with Gasteiger partial charge in [0.15, 0.2) is 0 Å². The number of rotatable bonds is 5. The number of nitrogens with zero attached hydrogens (tertiary/aromatic N) is 4. The number of carboxylic acids is 1. The molecule has 2 N–H and O–H groups in total. The van der Waals surface area contributed by atoms with Crippen LogP contribution in [0.25, 0.3) is 0 Å². The van der Waals surface area contributed by atoms with Gasteiger partial charge in [0.1, 0.15) is 12.2 Å². The number of piperidine rings is 1. The molecule has 9 nitrogen and oxygen atoms in total. The number of aryl methyl sites for hydroxylation is 1. The molecule has 1 aromatic heterocycles. The zero-order chi connectivity index (χ0) is 14.8. The lowest BCUT2D eigenvalue weighted by Crippen LogP contribution is -2.47. The molecule has 0 aromatic carbocycles. The van der Waals surface area contributed by atoms with E-state index in [0.29, 0.717) is 25.2 Å². The van der Waals surface area contributed by atoms with Crippen molar-refractivity contribution in [1.29, 1.82) is 0 Å². The van der Waals surface area contributed by atoms with E-state index in [0.717, 1.165) is 0 Å². The number of aliphatic carboxylic acids is 1. The Bertz CT molecular complexity index is 584. The summed E-state index contributed by atoms with van der Waals surface area (Å²) in [7, 11) is -1.99. The van der Waals surface area contributed by atoms with E-state index in [4.69, 9.17) is 5.11 Å². The zero-order valence-corrected chi connectivity index (χ0v) is 11.9. The predicted octanol–water partition coefficient (Wildman–Crippen LogP) is -1.05. The van der Waals surface area contributed by atoms with Crippen molar-refractivity contribution in [2.45, 2.75) is 19.4 Å². The van der Waals surface area contributed by atoms with Gasteiger partial charge in [-0.1, -0.05) is 0 Å². The quantitative estimate of drug-likeness (QED) is 0.716. The van der Waals surface area contributed by atoms with Crippen LogP contribution in [0.3, 0.4) is 0 Å². The summed E-state index contributed by atoms with van der Waals surface area (Å²) >= 11 is 0. The summed E-state index contributed by atoms with van der Waals surface area (Å²) < 4.78 is 29.4. The maximum atomic E-state index is 12.1. The third kappa shape index (κ3) is 3.32. The number of hydrogen-bond acceptors (Lipinski definition) is 5. The van der Waals surface area contributed by atoms with Gasteiger partial charge in [-0.3, -0.25) is 4.79 Å². The first-order valence-corrected chi connectivity index (χ1v) is 7.64. The fourth-order valence-corrected chi connectivity index (χ4v) is 3.32. The van der Waals surface area contributed by atoms with E-state index in [1.807, 2.05) is 0 Å². The molecule has 2 rings (SSSR count). The second kappa shape index (κ2) is 5.85. The molecular formula is C10H17N5O4S. The lowest BCUT2D eigenvalue weighted by Gasteiger charge is -2.29. The summed E-state index contributed by atoms with van der Waals surface area (Å²) in [5.41, 5.74) is 0. The molecule has 1 aromatic rings. The highest BCUT2D eigenvalue weighted by molar-refractivity contribution is 7.87. The Morgan fingerprint density at radius 3 is 2.95 bits per heavy atom. The van der Waals surface area contributed by atoms with Crippen LogP contribution in [0.2, 0.25) is 0 Å². The second-order valence-electron chi connectivity index (χ2n) is 4.72. The third-order valence-corrected chi connectivity index (χ3v) is 4.81. The molecule has 10 heteroatoms. The Kier molecular flexibility index (Phi) is 4.35. The molecule has 1 fully saturated rings. The topological polar surface area (TPSA) is 117 Å². The average molecular weight is 303 g/mol. The number of hydrogen-bond donors (Lipinski definition) is 2. The second-order valence-corrected chi connectivity index (χ2v) is 6.47. The van der Waals surface area contributed by atoms with Gasteiger partial charge >= 0.3 is 5.97 Å². The number of nitrogens with one attached hydrogen (secondary N) is 1. The van der Waals surface area contributed by atoms with Gasteiger partial charge in [0.2, 0.25) is 0 Å². The first-order chi connectivity index (χ1) is 9.40. The molecule has 0 amide bonds. The fraction of sp³-hybridized carbons (Fsp3) is 0.700. The van der Waals surface area contributed by atoms with E-state index in [1.165, 1.54) is 10.6 Å². The van der Waals surface area contributed by atoms with Gasteiger partial charge in [0, 0.05) is 20.1 Å². The average Bonchev–Trinajstić information content (AvgIpc) is 2.82. The Balaban J connectivity index is 1.99. The van der Waals surface area contributed by atoms with Crippen LogP contribution >= 0.6 is 0 Å². The lowest BCUT2D eigenvalue weighted by molar-refractivity contribution is -0.142. The molecule has 1 aliphatic rings. The minimum absolute atomic E-state index is 0.00345. The molecule has 1 saturated heterocycles. The summed E-state index contributed by atoms with van der Waals surface area (Å²) in [6, 6.07) is 0. The molecule has 112 valence electrons. The third-order valence-electron chi connectivity index (χ3n) is 3.29. The molecule has 1 unspecified atom stereocenters. The Morgan fingerprint density at radius 2 is 2.35 bits per heavy atom. The van der Waals surface area contributed by atoms with E-state index in [-0.39, 0.29) is 13.1 Å². The summed E-state index contributed by atoms with van der Waals surface area (Å²) in [5.74, 6) is -1.12. The number of carbonyl (C=O) groups is 1. The van der Waals surface area contributed by atoms with Gasteiger partial charge in [-0.15, -0.1) is 10.2 Å². The normalized spacial score (nSPS) is 20.9. The van der Waals surface area contributed by atoms with Crippen LogP contribution in [0, 0.1) is 5.92 Å². The van der Waals surface area contributed by atoms with Crippen LogP contribution in [-0.4, -0.2) is 51.7 Å². The van der Waals surface area contributed by atoms with Gasteiger partial charge in [-0.05, 0) is 12.8 Å². The van der Waals surface area contributed by atoms with Crippen molar-refractivity contribution in [2.24, 2.45) is 13.0 Å². The van der Waals surface area contributed by atoms with E-state index in [1.54, 1.807) is 11.6 Å². The molecule has 1 aliphatic heterocycles. The monoisotopic (exact) mass is 303 g/mol. The standard InChI is InChI=1S/C10H17N5O4S/c1-14-7-11-13-9(14)5-12-20(18,19)15-4-2-3-8(6-15)10(16)17/h7-8,12H,2-6H2,1H3,(H,16,17). The maximum Gasteiger partial charge on any atom is 0.307 e. The van der Waals surface area contributed by atoms with Crippen LogP contribution < -0.4 is 4.72 Å². The molecule has 0 radical (unpaired) electrons. The van der Waals surface area contributed by atoms with Gasteiger partial charge in [0.25, 0.3) is 10.2 Å². The molecule has 0 saturated carbocycles. The number of aromatic nitrogens is 3. The van der Waals surface area contributed by atoms with E-state index >= 15 is 0 Å². The van der Waals surface area contributed by atoms with Crippen molar-refractivity contribution in [3.8, 4) is 0 Å². The minimum Gasteiger partial charge on any atom is -0.481 e. The fourth-order valence-electron chi connectivity index (χ4n) is 2.08. The predicted molar refractivity (Wildman–Crippen MR) is 68.7 cm³/mol. The Labute approximate surface area is 116 Å². The highest BCUT2D eigenvalue weighted by atomic mass is 32.2. The van der Waals surface area contributed by atoms with E-state index < -0.39 is 22.1 Å². The van der Waals surface area contributed by atoms with Crippen LogP contribution in [0.4, 0.5) is 0 Å². The first-order valence-electron chi connectivity index (χ1n) is 6.20. The van der Waals surface area contributed by atoms with Crippen LogP contribution in [0.15, 0.2) is 6.33 Å². The Hall–Kier alpha value is -1.52. The van der Waals surface area contributed by atoms with Crippen molar-refractivity contribution in [3.63, 3.8) is 0 Å². The maximum absolute atomic E-state index is 12.1. The molecule has 20 heavy (non-hydrogen) atoms.